The number of ketones is 1. The number of esters is 1. The fourth-order valence-corrected chi connectivity index (χ4v) is 5.80. The van der Waals surface area contributed by atoms with E-state index in [0.29, 0.717) is 21.9 Å². The van der Waals surface area contributed by atoms with Crippen LogP contribution < -0.4 is 10.1 Å². The summed E-state index contributed by atoms with van der Waals surface area (Å²) in [5.74, 6) is 0.00975. The Labute approximate surface area is 211 Å². The third kappa shape index (κ3) is 3.93. The maximum atomic E-state index is 13.5. The average molecular weight is 496 g/mol. The number of hydrogen-bond acceptors (Lipinski definition) is 5. The fourth-order valence-electron chi connectivity index (χ4n) is 4.38. The molecule has 6 rings (SSSR count). The summed E-state index contributed by atoms with van der Waals surface area (Å²) >= 11 is 7.54. The lowest BCUT2D eigenvalue weighted by atomic mass is 10.0. The molecule has 0 spiro atoms. The number of rotatable bonds is 3. The van der Waals surface area contributed by atoms with E-state index in [1.54, 1.807) is 48.2 Å². The number of thioether (sulfide) groups is 1. The van der Waals surface area contributed by atoms with E-state index in [1.807, 2.05) is 54.6 Å². The molecule has 1 aliphatic heterocycles. The normalized spacial score (nSPS) is 16.0. The number of fused-ring (bicyclic) bond motifs is 3. The van der Waals surface area contributed by atoms with E-state index in [1.165, 1.54) is 0 Å². The van der Waals surface area contributed by atoms with Crippen LogP contribution in [0.15, 0.2) is 108 Å². The van der Waals surface area contributed by atoms with Crippen molar-refractivity contribution in [2.45, 2.75) is 10.1 Å². The highest BCUT2D eigenvalue weighted by Crippen LogP contribution is 2.52. The lowest BCUT2D eigenvalue weighted by molar-refractivity contribution is 0.0734. The first-order valence-corrected chi connectivity index (χ1v) is 12.3. The van der Waals surface area contributed by atoms with Crippen molar-refractivity contribution < 1.29 is 14.3 Å². The molecule has 1 atom stereocenters. The molecule has 0 unspecified atom stereocenters. The number of ether oxygens (including phenoxy) is 1. The van der Waals surface area contributed by atoms with Gasteiger partial charge in [0.15, 0.2) is 5.78 Å². The maximum absolute atomic E-state index is 13.5. The van der Waals surface area contributed by atoms with Gasteiger partial charge in [0.1, 0.15) is 5.75 Å². The van der Waals surface area contributed by atoms with Crippen molar-refractivity contribution in [2.24, 2.45) is 0 Å². The molecule has 4 aromatic carbocycles. The Morgan fingerprint density at radius 1 is 0.829 bits per heavy atom. The predicted octanol–water partition coefficient (Wildman–Crippen LogP) is 7.43. The van der Waals surface area contributed by atoms with Crippen LogP contribution in [0, 0.1) is 0 Å². The van der Waals surface area contributed by atoms with E-state index in [4.69, 9.17) is 16.3 Å². The number of benzene rings is 4. The fraction of sp³-hybridized carbons (Fsp3) is 0.0345. The van der Waals surface area contributed by atoms with Crippen LogP contribution in [0.1, 0.15) is 37.1 Å². The zero-order valence-electron chi connectivity index (χ0n) is 18.3. The second-order valence-electron chi connectivity index (χ2n) is 8.25. The minimum absolute atomic E-state index is 0.0339. The number of anilines is 1. The van der Waals surface area contributed by atoms with Crippen LogP contribution in [0.3, 0.4) is 0 Å². The van der Waals surface area contributed by atoms with Gasteiger partial charge in [-0.25, -0.2) is 4.79 Å². The minimum Gasteiger partial charge on any atom is -0.423 e. The smallest absolute Gasteiger partial charge is 0.343 e. The number of halogens is 1. The summed E-state index contributed by atoms with van der Waals surface area (Å²) in [4.78, 5) is 27.1. The number of para-hydroxylation sites is 1. The molecule has 0 amide bonds. The molecule has 0 saturated carbocycles. The first kappa shape index (κ1) is 21.7. The zero-order chi connectivity index (χ0) is 23.9. The quantitative estimate of drug-likeness (QED) is 0.236. The van der Waals surface area contributed by atoms with Crippen molar-refractivity contribution >= 4 is 46.5 Å². The Bertz CT molecular complexity index is 1510. The van der Waals surface area contributed by atoms with Crippen molar-refractivity contribution in [3.63, 3.8) is 0 Å². The number of carbonyl (C=O) groups excluding carboxylic acids is 2. The van der Waals surface area contributed by atoms with Gasteiger partial charge in [-0.15, -0.1) is 11.8 Å². The summed E-state index contributed by atoms with van der Waals surface area (Å²) in [6.07, 6.45) is 0. The Kier molecular flexibility index (Phi) is 5.44. The number of carbonyl (C=O) groups is 2. The van der Waals surface area contributed by atoms with Gasteiger partial charge in [-0.05, 0) is 54.1 Å². The second kappa shape index (κ2) is 8.77. The SMILES string of the molecule is O=C(Oc1ccc([C@H]2Sc3ccccc3NC3=C2C(=O)c2ccccc23)cc1)c1ccc(Cl)cc1. The van der Waals surface area contributed by atoms with Crippen LogP contribution >= 0.6 is 23.4 Å². The van der Waals surface area contributed by atoms with Crippen LogP contribution in [0.4, 0.5) is 5.69 Å². The van der Waals surface area contributed by atoms with Crippen molar-refractivity contribution in [3.05, 3.63) is 130 Å². The number of hydrogen-bond donors (Lipinski definition) is 1. The van der Waals surface area contributed by atoms with Gasteiger partial charge in [-0.2, -0.15) is 0 Å². The average Bonchev–Trinajstić information content (AvgIpc) is 3.04. The summed E-state index contributed by atoms with van der Waals surface area (Å²) in [6.45, 7) is 0. The molecule has 6 heteroatoms. The summed E-state index contributed by atoms with van der Waals surface area (Å²) < 4.78 is 5.54. The molecular formula is C29H18ClNO3S. The van der Waals surface area contributed by atoms with Gasteiger partial charge in [0.25, 0.3) is 0 Å². The standard InChI is InChI=1S/C29H18ClNO3S/c30-19-13-9-18(10-14-19)29(33)34-20-15-11-17(12-16-20)28-25-26(21-5-1-2-6-22(21)27(25)32)31-23-7-3-4-8-24(23)35-28/h1-16,28,31H/t28-/m1/s1. The summed E-state index contributed by atoms with van der Waals surface area (Å²) in [6, 6.07) is 29.7. The van der Waals surface area contributed by atoms with Crippen LogP contribution in [-0.4, -0.2) is 11.8 Å². The minimum atomic E-state index is -0.456. The van der Waals surface area contributed by atoms with Crippen molar-refractivity contribution in [1.82, 2.24) is 0 Å². The van der Waals surface area contributed by atoms with E-state index >= 15 is 0 Å². The topological polar surface area (TPSA) is 55.4 Å². The molecule has 4 nitrogen and oxygen atoms in total. The number of Topliss-reactive ketones (excluding diaryl/α,β-unsaturated/α-hetero) is 1. The van der Waals surface area contributed by atoms with E-state index in [9.17, 15) is 9.59 Å². The van der Waals surface area contributed by atoms with Crippen LogP contribution in [-0.2, 0) is 0 Å². The maximum Gasteiger partial charge on any atom is 0.343 e. The van der Waals surface area contributed by atoms with Gasteiger partial charge < -0.3 is 10.1 Å². The van der Waals surface area contributed by atoms with Gasteiger partial charge in [0.05, 0.1) is 22.2 Å². The van der Waals surface area contributed by atoms with Crippen LogP contribution in [0.2, 0.25) is 5.02 Å². The lowest BCUT2D eigenvalue weighted by Crippen LogP contribution is -2.09. The van der Waals surface area contributed by atoms with Gasteiger partial charge in [0, 0.05) is 26.6 Å². The Morgan fingerprint density at radius 3 is 2.29 bits per heavy atom. The largest absolute Gasteiger partial charge is 0.423 e. The summed E-state index contributed by atoms with van der Waals surface area (Å²) in [5.41, 5.74) is 5.57. The van der Waals surface area contributed by atoms with Crippen molar-refractivity contribution in [3.8, 4) is 5.75 Å². The third-order valence-electron chi connectivity index (χ3n) is 6.08. The van der Waals surface area contributed by atoms with Crippen LogP contribution in [0.25, 0.3) is 5.70 Å². The van der Waals surface area contributed by atoms with Crippen molar-refractivity contribution in [1.29, 1.82) is 0 Å². The highest BCUT2D eigenvalue weighted by atomic mass is 35.5. The van der Waals surface area contributed by atoms with Gasteiger partial charge in [0.2, 0.25) is 0 Å². The molecule has 2 aliphatic rings. The molecule has 0 bridgehead atoms. The van der Waals surface area contributed by atoms with E-state index in [0.717, 1.165) is 33.0 Å². The van der Waals surface area contributed by atoms with Gasteiger partial charge in [-0.1, -0.05) is 60.1 Å². The molecule has 1 heterocycles. The third-order valence-corrected chi connectivity index (χ3v) is 7.69. The molecule has 35 heavy (non-hydrogen) atoms. The summed E-state index contributed by atoms with van der Waals surface area (Å²) in [5, 5.41) is 3.86. The van der Waals surface area contributed by atoms with Crippen LogP contribution in [0.5, 0.6) is 5.75 Å². The Hall–Kier alpha value is -3.80. The molecule has 170 valence electrons. The molecule has 4 aromatic rings. The molecule has 0 radical (unpaired) electrons. The predicted molar refractivity (Wildman–Crippen MR) is 139 cm³/mol. The Balaban J connectivity index is 1.35. The molecular weight excluding hydrogens is 478 g/mol. The van der Waals surface area contributed by atoms with Gasteiger partial charge in [-0.3, -0.25) is 4.79 Å². The summed E-state index contributed by atoms with van der Waals surface area (Å²) in [7, 11) is 0. The first-order valence-electron chi connectivity index (χ1n) is 11.1. The molecule has 1 N–H and O–H groups in total. The second-order valence-corrected chi connectivity index (χ2v) is 9.83. The molecule has 0 aromatic heterocycles. The van der Waals surface area contributed by atoms with E-state index < -0.39 is 5.97 Å². The molecule has 0 fully saturated rings. The van der Waals surface area contributed by atoms with E-state index in [-0.39, 0.29) is 11.0 Å². The van der Waals surface area contributed by atoms with Gasteiger partial charge >= 0.3 is 5.97 Å². The van der Waals surface area contributed by atoms with E-state index in [2.05, 4.69) is 11.4 Å². The van der Waals surface area contributed by atoms with Crippen molar-refractivity contribution in [2.75, 3.05) is 5.32 Å². The monoisotopic (exact) mass is 495 g/mol. The number of nitrogens with one attached hydrogen (secondary N) is 1. The first-order chi connectivity index (χ1) is 17.1. The highest BCUT2D eigenvalue weighted by Gasteiger charge is 2.38. The molecule has 1 aliphatic carbocycles. The zero-order valence-corrected chi connectivity index (χ0v) is 19.9. The highest BCUT2D eigenvalue weighted by molar-refractivity contribution is 8.00. The molecule has 0 saturated heterocycles. The Morgan fingerprint density at radius 2 is 1.51 bits per heavy atom. The lowest BCUT2D eigenvalue weighted by Gasteiger charge is -2.17.